The molecule has 1 aliphatic rings. The zero-order valence-corrected chi connectivity index (χ0v) is 19.7. The number of rotatable bonds is 6. The van der Waals surface area contributed by atoms with Crippen molar-refractivity contribution in [1.29, 1.82) is 0 Å². The van der Waals surface area contributed by atoms with Crippen LogP contribution in [0.2, 0.25) is 0 Å². The molecule has 0 unspecified atom stereocenters. The van der Waals surface area contributed by atoms with Gasteiger partial charge in [-0.3, -0.25) is 4.79 Å². The summed E-state index contributed by atoms with van der Waals surface area (Å²) in [6.45, 7) is 4.36. The van der Waals surface area contributed by atoms with E-state index in [1.165, 1.54) is 12.8 Å². The first-order valence-corrected chi connectivity index (χ1v) is 12.0. The fraction of sp³-hybridized carbons (Fsp3) is 0.207. The lowest BCUT2D eigenvalue weighted by Gasteiger charge is -2.30. The average Bonchev–Trinajstić information content (AvgIpc) is 2.91. The van der Waals surface area contributed by atoms with Gasteiger partial charge in [0.25, 0.3) is 5.91 Å². The molecule has 5 rings (SSSR count). The Kier molecular flexibility index (Phi) is 6.70. The molecule has 4 aromatic rings. The van der Waals surface area contributed by atoms with Gasteiger partial charge in [-0.25, -0.2) is 0 Å². The van der Waals surface area contributed by atoms with Crippen molar-refractivity contribution < 1.29 is 9.53 Å². The molecule has 1 amide bonds. The smallest absolute Gasteiger partial charge is 0.259 e. The van der Waals surface area contributed by atoms with Crippen molar-refractivity contribution in [2.75, 3.05) is 23.3 Å². The molecule has 1 aliphatic heterocycles. The lowest BCUT2D eigenvalue weighted by atomic mass is 9.99. The third-order valence-corrected chi connectivity index (χ3v) is 6.30. The van der Waals surface area contributed by atoms with Crippen LogP contribution >= 0.6 is 0 Å². The molecule has 2 heterocycles. The van der Waals surface area contributed by atoms with Gasteiger partial charge in [0.2, 0.25) is 0 Å². The molecular formula is C29H28N4O2. The maximum atomic E-state index is 13.0. The topological polar surface area (TPSA) is 67.4 Å². The number of hydrogen-bond donors (Lipinski definition) is 1. The van der Waals surface area contributed by atoms with Gasteiger partial charge in [-0.2, -0.15) is 0 Å². The van der Waals surface area contributed by atoms with Gasteiger partial charge in [0.1, 0.15) is 11.5 Å². The van der Waals surface area contributed by atoms with Crippen LogP contribution < -0.4 is 15.0 Å². The van der Waals surface area contributed by atoms with E-state index in [9.17, 15) is 4.79 Å². The SMILES string of the molecule is CC1CCN(c2ccc(-c3ccc(NC(=O)c4ccccc4Oc4ccccc4)cc3)nn2)CC1. The molecule has 3 aromatic carbocycles. The van der Waals surface area contributed by atoms with Crippen molar-refractivity contribution >= 4 is 17.4 Å². The number of piperidine rings is 1. The summed E-state index contributed by atoms with van der Waals surface area (Å²) >= 11 is 0. The van der Waals surface area contributed by atoms with E-state index in [1.54, 1.807) is 12.1 Å². The monoisotopic (exact) mass is 464 g/mol. The minimum Gasteiger partial charge on any atom is -0.457 e. The minimum atomic E-state index is -0.232. The molecule has 0 saturated carbocycles. The van der Waals surface area contributed by atoms with Crippen LogP contribution in [0.5, 0.6) is 11.5 Å². The minimum absolute atomic E-state index is 0.232. The van der Waals surface area contributed by atoms with Crippen molar-refractivity contribution in [2.24, 2.45) is 5.92 Å². The van der Waals surface area contributed by atoms with E-state index in [0.717, 1.165) is 36.1 Å². The molecule has 0 atom stereocenters. The number of anilines is 2. The predicted molar refractivity (Wildman–Crippen MR) is 139 cm³/mol. The first-order valence-electron chi connectivity index (χ1n) is 12.0. The van der Waals surface area contributed by atoms with Gasteiger partial charge in [0.05, 0.1) is 11.3 Å². The number of benzene rings is 3. The third-order valence-electron chi connectivity index (χ3n) is 6.30. The van der Waals surface area contributed by atoms with Crippen molar-refractivity contribution in [3.05, 3.63) is 96.6 Å². The Morgan fingerprint density at radius 2 is 1.57 bits per heavy atom. The maximum Gasteiger partial charge on any atom is 0.259 e. The zero-order chi connectivity index (χ0) is 24.0. The Bertz CT molecular complexity index is 1270. The molecule has 6 heteroatoms. The second-order valence-corrected chi connectivity index (χ2v) is 8.89. The summed E-state index contributed by atoms with van der Waals surface area (Å²) in [6, 6.07) is 28.3. The van der Waals surface area contributed by atoms with Crippen molar-refractivity contribution in [2.45, 2.75) is 19.8 Å². The Morgan fingerprint density at radius 1 is 0.857 bits per heavy atom. The van der Waals surface area contributed by atoms with E-state index in [-0.39, 0.29) is 5.91 Å². The van der Waals surface area contributed by atoms with Crippen LogP contribution in [0.1, 0.15) is 30.1 Å². The number of carbonyl (C=O) groups excluding carboxylic acids is 1. The van der Waals surface area contributed by atoms with Gasteiger partial charge in [-0.15, -0.1) is 10.2 Å². The molecule has 1 aromatic heterocycles. The van der Waals surface area contributed by atoms with Crippen LogP contribution in [0.4, 0.5) is 11.5 Å². The third kappa shape index (κ3) is 5.49. The quantitative estimate of drug-likeness (QED) is 0.356. The van der Waals surface area contributed by atoms with Gasteiger partial charge in [0.15, 0.2) is 5.82 Å². The highest BCUT2D eigenvalue weighted by Crippen LogP contribution is 2.27. The summed E-state index contributed by atoms with van der Waals surface area (Å²) in [5.41, 5.74) is 2.91. The van der Waals surface area contributed by atoms with E-state index < -0.39 is 0 Å². The van der Waals surface area contributed by atoms with E-state index in [1.807, 2.05) is 78.9 Å². The highest BCUT2D eigenvalue weighted by molar-refractivity contribution is 6.06. The lowest BCUT2D eigenvalue weighted by Crippen LogP contribution is -2.33. The Hall–Kier alpha value is -4.19. The van der Waals surface area contributed by atoms with E-state index >= 15 is 0 Å². The molecule has 176 valence electrons. The summed E-state index contributed by atoms with van der Waals surface area (Å²) in [6.07, 6.45) is 2.39. The molecule has 1 N–H and O–H groups in total. The Morgan fingerprint density at radius 3 is 2.29 bits per heavy atom. The van der Waals surface area contributed by atoms with Crippen LogP contribution in [0.3, 0.4) is 0 Å². The number of ether oxygens (including phenoxy) is 1. The molecule has 0 aliphatic carbocycles. The molecule has 35 heavy (non-hydrogen) atoms. The highest BCUT2D eigenvalue weighted by atomic mass is 16.5. The van der Waals surface area contributed by atoms with Crippen LogP contribution in [-0.4, -0.2) is 29.2 Å². The standard InChI is InChI=1S/C29H28N4O2/c1-21-17-19-33(20-18-21)28-16-15-26(31-32-28)22-11-13-23(14-12-22)30-29(34)25-9-5-6-10-27(25)35-24-7-3-2-4-8-24/h2-16,21H,17-20H2,1H3,(H,30,34). The van der Waals surface area contributed by atoms with E-state index in [0.29, 0.717) is 22.7 Å². The van der Waals surface area contributed by atoms with Gasteiger partial charge in [-0.05, 0) is 67.3 Å². The number of hydrogen-bond acceptors (Lipinski definition) is 5. The summed E-state index contributed by atoms with van der Waals surface area (Å²) in [4.78, 5) is 15.3. The fourth-order valence-electron chi connectivity index (χ4n) is 4.17. The van der Waals surface area contributed by atoms with Gasteiger partial charge >= 0.3 is 0 Å². The molecule has 0 spiro atoms. The number of nitrogens with one attached hydrogen (secondary N) is 1. The molecule has 1 fully saturated rings. The van der Waals surface area contributed by atoms with Crippen LogP contribution in [0.25, 0.3) is 11.3 Å². The molecular weight excluding hydrogens is 436 g/mol. The Balaban J connectivity index is 1.25. The molecule has 6 nitrogen and oxygen atoms in total. The second-order valence-electron chi connectivity index (χ2n) is 8.89. The number of amides is 1. The maximum absolute atomic E-state index is 13.0. The van der Waals surface area contributed by atoms with Crippen molar-refractivity contribution in [3.63, 3.8) is 0 Å². The molecule has 0 bridgehead atoms. The molecule has 0 radical (unpaired) electrons. The summed E-state index contributed by atoms with van der Waals surface area (Å²) < 4.78 is 5.92. The highest BCUT2D eigenvalue weighted by Gasteiger charge is 2.17. The molecule has 1 saturated heterocycles. The van der Waals surface area contributed by atoms with Crippen LogP contribution in [-0.2, 0) is 0 Å². The fourth-order valence-corrected chi connectivity index (χ4v) is 4.17. The summed E-state index contributed by atoms with van der Waals surface area (Å²) in [5.74, 6) is 2.66. The van der Waals surface area contributed by atoms with Gasteiger partial charge in [0, 0.05) is 24.3 Å². The summed E-state index contributed by atoms with van der Waals surface area (Å²) in [7, 11) is 0. The second kappa shape index (κ2) is 10.4. The first-order chi connectivity index (χ1) is 17.2. The number of nitrogens with zero attached hydrogens (tertiary/aromatic N) is 3. The number of aromatic nitrogens is 2. The van der Waals surface area contributed by atoms with E-state index in [2.05, 4.69) is 27.3 Å². The van der Waals surface area contributed by atoms with Gasteiger partial charge in [-0.1, -0.05) is 49.4 Å². The largest absolute Gasteiger partial charge is 0.457 e. The predicted octanol–water partition coefficient (Wildman–Crippen LogP) is 6.42. The Labute approximate surface area is 205 Å². The number of para-hydroxylation sites is 2. The van der Waals surface area contributed by atoms with Crippen molar-refractivity contribution in [1.82, 2.24) is 10.2 Å². The van der Waals surface area contributed by atoms with Crippen LogP contribution in [0, 0.1) is 5.92 Å². The normalized spacial score (nSPS) is 13.9. The average molecular weight is 465 g/mol. The van der Waals surface area contributed by atoms with E-state index in [4.69, 9.17) is 4.74 Å². The number of carbonyl (C=O) groups is 1. The zero-order valence-electron chi connectivity index (χ0n) is 19.7. The lowest BCUT2D eigenvalue weighted by molar-refractivity contribution is 0.102. The summed E-state index contributed by atoms with van der Waals surface area (Å²) in [5, 5.41) is 11.8. The van der Waals surface area contributed by atoms with Crippen molar-refractivity contribution in [3.8, 4) is 22.8 Å². The van der Waals surface area contributed by atoms with Gasteiger partial charge < -0.3 is 15.0 Å². The first kappa shape index (κ1) is 22.6. The van der Waals surface area contributed by atoms with Crippen LogP contribution in [0.15, 0.2) is 91.0 Å².